The number of H-pyrrole nitrogens is 2. The van der Waals surface area contributed by atoms with E-state index < -0.39 is 5.69 Å². The minimum Gasteiger partial charge on any atom is -0.345 e. The van der Waals surface area contributed by atoms with Crippen molar-refractivity contribution in [2.24, 2.45) is 0 Å². The molecule has 3 rings (SSSR count). The quantitative estimate of drug-likeness (QED) is 0.652. The van der Waals surface area contributed by atoms with Crippen LogP contribution in [0, 0.1) is 0 Å². The highest BCUT2D eigenvalue weighted by molar-refractivity contribution is 7.16. The number of fused-ring (bicyclic) bond motifs is 1. The molecule has 0 fully saturated rings. The van der Waals surface area contributed by atoms with Crippen LogP contribution in [0.2, 0.25) is 0 Å². The zero-order chi connectivity index (χ0) is 13.2. The third-order valence-corrected chi connectivity index (χ3v) is 3.37. The van der Waals surface area contributed by atoms with Gasteiger partial charge >= 0.3 is 5.69 Å². The first-order chi connectivity index (χ1) is 9.22. The highest BCUT2D eigenvalue weighted by Crippen LogP contribution is 2.18. The van der Waals surface area contributed by atoms with Crippen molar-refractivity contribution >= 4 is 27.5 Å². The molecule has 0 aliphatic heterocycles. The van der Waals surface area contributed by atoms with Crippen molar-refractivity contribution in [3.63, 3.8) is 0 Å². The van der Waals surface area contributed by atoms with Gasteiger partial charge in [0.25, 0.3) is 5.91 Å². The van der Waals surface area contributed by atoms with E-state index in [2.05, 4.69) is 25.5 Å². The lowest BCUT2D eigenvalue weighted by Crippen LogP contribution is -2.23. The molecule has 19 heavy (non-hydrogen) atoms. The number of amides is 1. The van der Waals surface area contributed by atoms with E-state index in [4.69, 9.17) is 0 Å². The molecular weight excluding hydrogens is 266 g/mol. The van der Waals surface area contributed by atoms with Gasteiger partial charge in [0.15, 0.2) is 0 Å². The molecule has 0 saturated heterocycles. The Labute approximate surface area is 110 Å². The maximum atomic E-state index is 11.9. The minimum absolute atomic E-state index is 0.159. The first-order valence-electron chi connectivity index (χ1n) is 5.47. The lowest BCUT2D eigenvalue weighted by Gasteiger charge is -2.02. The van der Waals surface area contributed by atoms with Gasteiger partial charge in [-0.3, -0.25) is 9.78 Å². The zero-order valence-electron chi connectivity index (χ0n) is 9.64. The number of rotatable bonds is 3. The fraction of sp³-hybridized carbons (Fsp3) is 0.0909. The second-order valence-electron chi connectivity index (χ2n) is 3.84. The summed E-state index contributed by atoms with van der Waals surface area (Å²) in [5.41, 5.74) is 2.66. The molecule has 1 amide bonds. The summed E-state index contributed by atoms with van der Waals surface area (Å²) in [4.78, 5) is 29.4. The van der Waals surface area contributed by atoms with Gasteiger partial charge in [0.2, 0.25) is 0 Å². The number of aromatic amines is 2. The fourth-order valence-corrected chi connectivity index (χ4v) is 2.31. The van der Waals surface area contributed by atoms with Gasteiger partial charge in [-0.2, -0.15) is 5.10 Å². The summed E-state index contributed by atoms with van der Waals surface area (Å²) in [6, 6.07) is 5.33. The Hall–Kier alpha value is -2.48. The van der Waals surface area contributed by atoms with E-state index in [1.165, 1.54) is 11.3 Å². The molecule has 96 valence electrons. The summed E-state index contributed by atoms with van der Waals surface area (Å²) in [5, 5.41) is 8.61. The smallest absolute Gasteiger partial charge is 0.340 e. The number of nitrogens with zero attached hydrogens (tertiary/aromatic N) is 2. The summed E-state index contributed by atoms with van der Waals surface area (Å²) in [6.45, 7) is 0.159. The van der Waals surface area contributed by atoms with E-state index in [0.717, 1.165) is 10.2 Å². The van der Waals surface area contributed by atoms with Crippen molar-refractivity contribution in [3.8, 4) is 0 Å². The number of benzene rings is 1. The number of carbonyl (C=O) groups excluding carboxylic acids is 1. The van der Waals surface area contributed by atoms with E-state index in [1.54, 1.807) is 17.6 Å². The van der Waals surface area contributed by atoms with Crippen LogP contribution in [-0.4, -0.2) is 26.1 Å². The third-order valence-electron chi connectivity index (χ3n) is 2.56. The van der Waals surface area contributed by atoms with Crippen LogP contribution in [0.15, 0.2) is 28.5 Å². The first kappa shape index (κ1) is 11.6. The molecule has 0 saturated carbocycles. The Morgan fingerprint density at radius 3 is 3.11 bits per heavy atom. The van der Waals surface area contributed by atoms with E-state index >= 15 is 0 Å². The van der Waals surface area contributed by atoms with Gasteiger partial charge in [-0.1, -0.05) is 0 Å². The fourth-order valence-electron chi connectivity index (χ4n) is 1.65. The molecule has 7 nitrogen and oxygen atoms in total. The van der Waals surface area contributed by atoms with Crippen LogP contribution in [0.25, 0.3) is 10.2 Å². The Bertz CT molecular complexity index is 787. The van der Waals surface area contributed by atoms with E-state index in [0.29, 0.717) is 11.4 Å². The number of thiazole rings is 1. The lowest BCUT2D eigenvalue weighted by molar-refractivity contribution is 0.0950. The predicted molar refractivity (Wildman–Crippen MR) is 70.0 cm³/mol. The molecule has 0 aliphatic rings. The van der Waals surface area contributed by atoms with Gasteiger partial charge in [-0.05, 0) is 18.2 Å². The molecule has 0 atom stereocenters. The molecule has 8 heteroatoms. The SMILES string of the molecule is O=C(NCc1n[nH]c(=O)[nH]1)c1ccc2scnc2c1. The molecular formula is C11H9N5O2S. The lowest BCUT2D eigenvalue weighted by atomic mass is 10.2. The topological polar surface area (TPSA) is 104 Å². The molecule has 2 aromatic heterocycles. The van der Waals surface area contributed by atoms with Crippen LogP contribution in [0.3, 0.4) is 0 Å². The average Bonchev–Trinajstić information content (AvgIpc) is 3.03. The van der Waals surface area contributed by atoms with Crippen molar-refractivity contribution in [3.05, 3.63) is 45.6 Å². The molecule has 0 radical (unpaired) electrons. The molecule has 3 N–H and O–H groups in total. The molecule has 0 bridgehead atoms. The van der Waals surface area contributed by atoms with Gasteiger partial charge in [-0.15, -0.1) is 11.3 Å². The van der Waals surface area contributed by atoms with E-state index in [1.807, 2.05) is 6.07 Å². The minimum atomic E-state index is -0.395. The summed E-state index contributed by atoms with van der Waals surface area (Å²) in [5.74, 6) is 0.145. The van der Waals surface area contributed by atoms with Crippen LogP contribution < -0.4 is 11.0 Å². The average molecular weight is 275 g/mol. The second kappa shape index (κ2) is 4.65. The number of carbonyl (C=O) groups is 1. The zero-order valence-corrected chi connectivity index (χ0v) is 10.5. The van der Waals surface area contributed by atoms with Crippen LogP contribution >= 0.6 is 11.3 Å². The molecule has 0 aliphatic carbocycles. The number of nitrogens with one attached hydrogen (secondary N) is 3. The van der Waals surface area contributed by atoms with Crippen molar-refractivity contribution in [2.75, 3.05) is 0 Å². The maximum Gasteiger partial charge on any atom is 0.340 e. The molecule has 2 heterocycles. The summed E-state index contributed by atoms with van der Waals surface area (Å²) in [6.07, 6.45) is 0. The van der Waals surface area contributed by atoms with Gasteiger partial charge in [0, 0.05) is 5.56 Å². The number of aromatic nitrogens is 4. The van der Waals surface area contributed by atoms with Gasteiger partial charge in [0.1, 0.15) is 5.82 Å². The Morgan fingerprint density at radius 1 is 1.42 bits per heavy atom. The molecule has 3 aromatic rings. The number of hydrogen-bond donors (Lipinski definition) is 3. The van der Waals surface area contributed by atoms with E-state index in [-0.39, 0.29) is 12.5 Å². The third kappa shape index (κ3) is 2.38. The standard InChI is InChI=1S/C11H9N5O2S/c17-10(12-4-9-14-11(18)16-15-9)6-1-2-8-7(3-6)13-5-19-8/h1-3,5H,4H2,(H,12,17)(H2,14,15,16,18). The van der Waals surface area contributed by atoms with Crippen LogP contribution in [0.4, 0.5) is 0 Å². The molecule has 1 aromatic carbocycles. The van der Waals surface area contributed by atoms with Crippen molar-refractivity contribution in [1.29, 1.82) is 0 Å². The van der Waals surface area contributed by atoms with Crippen LogP contribution in [0.5, 0.6) is 0 Å². The summed E-state index contributed by atoms with van der Waals surface area (Å²) >= 11 is 1.52. The molecule has 0 unspecified atom stereocenters. The molecule has 0 spiro atoms. The first-order valence-corrected chi connectivity index (χ1v) is 6.35. The predicted octanol–water partition coefficient (Wildman–Crippen LogP) is 0.638. The van der Waals surface area contributed by atoms with Gasteiger partial charge < -0.3 is 5.32 Å². The highest BCUT2D eigenvalue weighted by Gasteiger charge is 2.08. The Morgan fingerprint density at radius 2 is 2.32 bits per heavy atom. The van der Waals surface area contributed by atoms with Gasteiger partial charge in [-0.25, -0.2) is 14.9 Å². The van der Waals surface area contributed by atoms with Gasteiger partial charge in [0.05, 0.1) is 22.3 Å². The highest BCUT2D eigenvalue weighted by atomic mass is 32.1. The summed E-state index contributed by atoms with van der Waals surface area (Å²) < 4.78 is 1.04. The number of hydrogen-bond acceptors (Lipinski definition) is 5. The maximum absolute atomic E-state index is 11.9. The Kier molecular flexibility index (Phi) is 2.84. The Balaban J connectivity index is 1.74. The van der Waals surface area contributed by atoms with Crippen molar-refractivity contribution in [2.45, 2.75) is 6.54 Å². The largest absolute Gasteiger partial charge is 0.345 e. The normalized spacial score (nSPS) is 10.7. The van der Waals surface area contributed by atoms with Crippen LogP contribution in [-0.2, 0) is 6.54 Å². The second-order valence-corrected chi connectivity index (χ2v) is 4.73. The monoisotopic (exact) mass is 275 g/mol. The van der Waals surface area contributed by atoms with Crippen molar-refractivity contribution < 1.29 is 4.79 Å². The summed E-state index contributed by atoms with van der Waals surface area (Å²) in [7, 11) is 0. The van der Waals surface area contributed by atoms with Crippen molar-refractivity contribution in [1.82, 2.24) is 25.5 Å². The van der Waals surface area contributed by atoms with Crippen LogP contribution in [0.1, 0.15) is 16.2 Å². The van der Waals surface area contributed by atoms with E-state index in [9.17, 15) is 9.59 Å².